The molecule has 1 aromatic heterocycles. The summed E-state index contributed by atoms with van der Waals surface area (Å²) in [4.78, 5) is 18.3. The first-order valence-corrected chi connectivity index (χ1v) is 5.51. The van der Waals surface area contributed by atoms with E-state index in [2.05, 4.69) is 16.5 Å². The normalized spacial score (nSPS) is 10.1. The van der Waals surface area contributed by atoms with Crippen LogP contribution in [0.25, 0.3) is 0 Å². The highest BCUT2D eigenvalue weighted by atomic mass is 16.1. The van der Waals surface area contributed by atoms with Gasteiger partial charge in [-0.3, -0.25) is 4.79 Å². The molecule has 2 aromatic rings. The van der Waals surface area contributed by atoms with Gasteiger partial charge in [0.2, 0.25) is 0 Å². The summed E-state index contributed by atoms with van der Waals surface area (Å²) in [7, 11) is 0. The second-order valence-electron chi connectivity index (χ2n) is 3.82. The lowest BCUT2D eigenvalue weighted by Gasteiger charge is -1.96. The molecule has 3 nitrogen and oxygen atoms in total. The number of H-pyrrole nitrogens is 1. The number of nitrogens with one attached hydrogen (secondary N) is 1. The van der Waals surface area contributed by atoms with Crippen LogP contribution in [-0.4, -0.2) is 16.3 Å². The van der Waals surface area contributed by atoms with E-state index < -0.39 is 0 Å². The number of allylic oxidation sites excluding steroid dienone is 1. The Hall–Kier alpha value is -2.16. The smallest absolute Gasteiger partial charge is 0.170 e. The molecule has 0 amide bonds. The SMILES string of the molecule is C=CCc1[nH]c(Cc2ccccc2)nc1C=O. The molecule has 1 N–H and O–H groups in total. The van der Waals surface area contributed by atoms with Crippen molar-refractivity contribution in [2.45, 2.75) is 12.8 Å². The van der Waals surface area contributed by atoms with Crippen molar-refractivity contribution in [1.29, 1.82) is 0 Å². The molecule has 0 spiro atoms. The van der Waals surface area contributed by atoms with E-state index in [0.717, 1.165) is 17.8 Å². The second-order valence-corrected chi connectivity index (χ2v) is 3.82. The summed E-state index contributed by atoms with van der Waals surface area (Å²) in [6, 6.07) is 10.0. The molecule has 0 aliphatic carbocycles. The minimum Gasteiger partial charge on any atom is -0.345 e. The number of hydrogen-bond acceptors (Lipinski definition) is 2. The maximum absolute atomic E-state index is 10.9. The van der Waals surface area contributed by atoms with Gasteiger partial charge in [0.05, 0.1) is 0 Å². The third-order valence-corrected chi connectivity index (χ3v) is 2.53. The highest BCUT2D eigenvalue weighted by Gasteiger charge is 2.08. The Labute approximate surface area is 100 Å². The molecule has 2 rings (SSSR count). The predicted molar refractivity (Wildman–Crippen MR) is 67.1 cm³/mol. The van der Waals surface area contributed by atoms with Crippen LogP contribution >= 0.6 is 0 Å². The van der Waals surface area contributed by atoms with E-state index in [-0.39, 0.29) is 0 Å². The van der Waals surface area contributed by atoms with E-state index in [1.165, 1.54) is 5.56 Å². The summed E-state index contributed by atoms with van der Waals surface area (Å²) in [6.45, 7) is 3.66. The lowest BCUT2D eigenvalue weighted by atomic mass is 10.1. The lowest BCUT2D eigenvalue weighted by Crippen LogP contribution is -1.90. The second kappa shape index (κ2) is 5.25. The number of rotatable bonds is 5. The van der Waals surface area contributed by atoms with E-state index in [1.54, 1.807) is 6.08 Å². The Kier molecular flexibility index (Phi) is 3.50. The van der Waals surface area contributed by atoms with Crippen molar-refractivity contribution in [2.24, 2.45) is 0 Å². The van der Waals surface area contributed by atoms with Gasteiger partial charge in [-0.05, 0) is 5.56 Å². The first-order valence-electron chi connectivity index (χ1n) is 5.51. The molecule has 1 aromatic carbocycles. The van der Waals surface area contributed by atoms with E-state index in [1.807, 2.05) is 30.3 Å². The zero-order chi connectivity index (χ0) is 12.1. The van der Waals surface area contributed by atoms with Crippen LogP contribution in [0.15, 0.2) is 43.0 Å². The highest BCUT2D eigenvalue weighted by molar-refractivity contribution is 5.73. The lowest BCUT2D eigenvalue weighted by molar-refractivity contribution is 0.111. The van der Waals surface area contributed by atoms with Crippen LogP contribution < -0.4 is 0 Å². The Morgan fingerprint density at radius 3 is 2.71 bits per heavy atom. The summed E-state index contributed by atoms with van der Waals surface area (Å²) >= 11 is 0. The van der Waals surface area contributed by atoms with Crippen molar-refractivity contribution in [3.63, 3.8) is 0 Å². The summed E-state index contributed by atoms with van der Waals surface area (Å²) in [6.07, 6.45) is 3.88. The number of aromatic nitrogens is 2. The molecule has 86 valence electrons. The van der Waals surface area contributed by atoms with Gasteiger partial charge in [-0.25, -0.2) is 4.98 Å². The number of aldehydes is 1. The van der Waals surface area contributed by atoms with E-state index in [0.29, 0.717) is 18.5 Å². The number of nitrogens with zero attached hydrogens (tertiary/aromatic N) is 1. The van der Waals surface area contributed by atoms with Crippen LogP contribution in [-0.2, 0) is 12.8 Å². The van der Waals surface area contributed by atoms with Crippen molar-refractivity contribution in [3.8, 4) is 0 Å². The summed E-state index contributed by atoms with van der Waals surface area (Å²) in [5.74, 6) is 0.815. The topological polar surface area (TPSA) is 45.8 Å². The van der Waals surface area contributed by atoms with Gasteiger partial charge in [0.25, 0.3) is 0 Å². The van der Waals surface area contributed by atoms with Gasteiger partial charge in [0.15, 0.2) is 6.29 Å². The van der Waals surface area contributed by atoms with Crippen molar-refractivity contribution in [3.05, 3.63) is 65.8 Å². The molecule has 0 unspecified atom stereocenters. The minimum atomic E-state index is 0.482. The zero-order valence-electron chi connectivity index (χ0n) is 9.52. The molecular weight excluding hydrogens is 212 g/mol. The number of carbonyl (C=O) groups is 1. The number of imidazole rings is 1. The number of hydrogen-bond donors (Lipinski definition) is 1. The molecule has 0 aliphatic rings. The van der Waals surface area contributed by atoms with Gasteiger partial charge in [-0.15, -0.1) is 6.58 Å². The summed E-state index contributed by atoms with van der Waals surface area (Å²) < 4.78 is 0. The Balaban J connectivity index is 2.22. The van der Waals surface area contributed by atoms with E-state index in [4.69, 9.17) is 0 Å². The maximum atomic E-state index is 10.9. The molecular formula is C14H14N2O. The number of benzene rings is 1. The van der Waals surface area contributed by atoms with Crippen LogP contribution in [0.3, 0.4) is 0 Å². The van der Waals surface area contributed by atoms with E-state index in [9.17, 15) is 4.79 Å². The van der Waals surface area contributed by atoms with Gasteiger partial charge < -0.3 is 4.98 Å². The fourth-order valence-electron chi connectivity index (χ4n) is 1.75. The first-order chi connectivity index (χ1) is 8.33. The number of carbonyl (C=O) groups excluding carboxylic acids is 1. The van der Waals surface area contributed by atoms with Crippen LogP contribution in [0.1, 0.15) is 27.6 Å². The maximum Gasteiger partial charge on any atom is 0.170 e. The Morgan fingerprint density at radius 2 is 2.06 bits per heavy atom. The summed E-state index contributed by atoms with van der Waals surface area (Å²) in [5.41, 5.74) is 2.49. The molecule has 17 heavy (non-hydrogen) atoms. The zero-order valence-corrected chi connectivity index (χ0v) is 9.52. The quantitative estimate of drug-likeness (QED) is 0.629. The minimum absolute atomic E-state index is 0.482. The van der Waals surface area contributed by atoms with Crippen LogP contribution in [0.5, 0.6) is 0 Å². The van der Waals surface area contributed by atoms with Gasteiger partial charge in [-0.2, -0.15) is 0 Å². The van der Waals surface area contributed by atoms with Gasteiger partial charge in [0, 0.05) is 18.5 Å². The van der Waals surface area contributed by atoms with Crippen molar-refractivity contribution in [1.82, 2.24) is 9.97 Å². The van der Waals surface area contributed by atoms with E-state index >= 15 is 0 Å². The third kappa shape index (κ3) is 2.69. The standard InChI is InChI=1S/C14H14N2O/c1-2-6-12-13(10-17)16-14(15-12)9-11-7-4-3-5-8-11/h2-5,7-8,10H,1,6,9H2,(H,15,16). The van der Waals surface area contributed by atoms with Crippen molar-refractivity contribution >= 4 is 6.29 Å². The average Bonchev–Trinajstić information content (AvgIpc) is 2.73. The molecule has 1 heterocycles. The fraction of sp³-hybridized carbons (Fsp3) is 0.143. The van der Waals surface area contributed by atoms with Crippen LogP contribution in [0.2, 0.25) is 0 Å². The molecule has 0 saturated heterocycles. The Bertz CT molecular complexity index is 514. The molecule has 0 saturated carbocycles. The van der Waals surface area contributed by atoms with Crippen LogP contribution in [0.4, 0.5) is 0 Å². The molecule has 0 aliphatic heterocycles. The molecule has 0 fully saturated rings. The average molecular weight is 226 g/mol. The summed E-state index contributed by atoms with van der Waals surface area (Å²) in [5, 5.41) is 0. The van der Waals surface area contributed by atoms with Crippen LogP contribution in [0, 0.1) is 0 Å². The number of aromatic amines is 1. The van der Waals surface area contributed by atoms with Crippen molar-refractivity contribution < 1.29 is 4.79 Å². The highest BCUT2D eigenvalue weighted by Crippen LogP contribution is 2.10. The van der Waals surface area contributed by atoms with Crippen molar-refractivity contribution in [2.75, 3.05) is 0 Å². The molecule has 3 heteroatoms. The molecule has 0 bridgehead atoms. The first kappa shape index (κ1) is 11.3. The third-order valence-electron chi connectivity index (χ3n) is 2.53. The Morgan fingerprint density at radius 1 is 1.29 bits per heavy atom. The van der Waals surface area contributed by atoms with Gasteiger partial charge in [-0.1, -0.05) is 36.4 Å². The molecule has 0 radical (unpaired) electrons. The molecule has 0 atom stereocenters. The fourth-order valence-corrected chi connectivity index (χ4v) is 1.75. The van der Waals surface area contributed by atoms with Gasteiger partial charge in [0.1, 0.15) is 11.5 Å². The largest absolute Gasteiger partial charge is 0.345 e. The predicted octanol–water partition coefficient (Wildman–Crippen LogP) is 2.54. The van der Waals surface area contributed by atoms with Gasteiger partial charge >= 0.3 is 0 Å². The monoisotopic (exact) mass is 226 g/mol.